The van der Waals surface area contributed by atoms with Gasteiger partial charge in [-0.15, -0.1) is 0 Å². The van der Waals surface area contributed by atoms with E-state index < -0.39 is 21.6 Å². The number of nitrogens with one attached hydrogen (secondary N) is 1. The Kier molecular flexibility index (Phi) is 9.17. The summed E-state index contributed by atoms with van der Waals surface area (Å²) in [6.45, 7) is 3.52. The molecule has 0 radical (unpaired) electrons. The van der Waals surface area contributed by atoms with Crippen LogP contribution in [-0.4, -0.2) is 57.1 Å². The molecule has 0 bridgehead atoms. The summed E-state index contributed by atoms with van der Waals surface area (Å²) >= 11 is 0. The van der Waals surface area contributed by atoms with Crippen molar-refractivity contribution in [2.75, 3.05) is 36.4 Å². The Morgan fingerprint density at radius 1 is 0.958 bits per heavy atom. The van der Waals surface area contributed by atoms with E-state index in [1.54, 1.807) is 79.7 Å². The van der Waals surface area contributed by atoms with Crippen LogP contribution in [0.25, 0.3) is 16.5 Å². The molecule has 0 spiro atoms. The molecule has 6 rings (SSSR count). The third-order valence-corrected chi connectivity index (χ3v) is 9.50. The second kappa shape index (κ2) is 13.6. The maximum Gasteiger partial charge on any atom is 0.338 e. The summed E-state index contributed by atoms with van der Waals surface area (Å²) in [5, 5.41) is 12.4. The number of carbonyl (C=O) groups excluding carboxylic acids is 1. The Hall–Kier alpha value is -5.62. The molecule has 0 saturated carbocycles. The second-order valence-electron chi connectivity index (χ2n) is 11.1. The van der Waals surface area contributed by atoms with Gasteiger partial charge in [0.2, 0.25) is 5.88 Å². The third-order valence-electron chi connectivity index (χ3n) is 8.12. The Morgan fingerprint density at radius 2 is 1.65 bits per heavy atom. The van der Waals surface area contributed by atoms with Crippen LogP contribution in [0.2, 0.25) is 0 Å². The van der Waals surface area contributed by atoms with Crippen LogP contribution >= 0.6 is 0 Å². The number of carbonyl (C=O) groups is 1. The first-order valence-corrected chi connectivity index (χ1v) is 16.9. The number of hydrogen-bond donors (Lipinski definition) is 2. The number of rotatable bonds is 10. The molecule has 2 N–H and O–H groups in total. The summed E-state index contributed by atoms with van der Waals surface area (Å²) in [6, 6.07) is 24.3. The van der Waals surface area contributed by atoms with E-state index in [4.69, 9.17) is 14.5 Å². The van der Waals surface area contributed by atoms with Gasteiger partial charge in [0.25, 0.3) is 15.6 Å². The molecule has 0 unspecified atom stereocenters. The lowest BCUT2D eigenvalue weighted by Crippen LogP contribution is -2.20. The summed E-state index contributed by atoms with van der Waals surface area (Å²) < 4.78 is 40.9. The third kappa shape index (κ3) is 6.47. The number of esters is 1. The zero-order valence-electron chi connectivity index (χ0n) is 26.4. The first-order valence-electron chi connectivity index (χ1n) is 15.4. The highest BCUT2D eigenvalue weighted by molar-refractivity contribution is 7.92. The minimum absolute atomic E-state index is 0.00848. The molecule has 1 fully saturated rings. The van der Waals surface area contributed by atoms with Crippen molar-refractivity contribution in [1.29, 1.82) is 0 Å². The van der Waals surface area contributed by atoms with Crippen LogP contribution in [0, 0.1) is 0 Å². The number of aromatic hydroxyl groups is 1. The number of aromatic nitrogens is 1. The summed E-state index contributed by atoms with van der Waals surface area (Å²) in [4.78, 5) is 32.7. The van der Waals surface area contributed by atoms with Gasteiger partial charge in [-0.05, 0) is 92.6 Å². The molecule has 1 aliphatic rings. The fourth-order valence-electron chi connectivity index (χ4n) is 5.70. The van der Waals surface area contributed by atoms with E-state index >= 15 is 0 Å². The van der Waals surface area contributed by atoms with E-state index in [0.717, 1.165) is 36.2 Å². The zero-order chi connectivity index (χ0) is 33.8. The standard InChI is InChI=1S/C36H34N4O7S/c1-3-47-36(43)24-10-14-26(15-11-24)40-34(41)30-9-5-4-8-29(30)31(35(40)42)23-37-32-22-28(18-19-33(32)39-20-6-7-21-39)48(44,45)38-25-12-16-27(46-2)17-13-25/h4-5,8-19,22-23,38,42H,3,6-7,20-21H2,1-2H3. The molecule has 0 atom stereocenters. The van der Waals surface area contributed by atoms with E-state index in [0.29, 0.717) is 39.1 Å². The molecule has 11 nitrogen and oxygen atoms in total. The summed E-state index contributed by atoms with van der Waals surface area (Å²) in [5.41, 5.74) is 1.95. The fraction of sp³-hybridized carbons (Fsp3) is 0.194. The van der Waals surface area contributed by atoms with Gasteiger partial charge >= 0.3 is 5.97 Å². The molecule has 0 amide bonds. The lowest BCUT2D eigenvalue weighted by Gasteiger charge is -2.20. The molecule has 1 aromatic heterocycles. The highest BCUT2D eigenvalue weighted by Crippen LogP contribution is 2.35. The van der Waals surface area contributed by atoms with E-state index in [2.05, 4.69) is 9.62 Å². The maximum absolute atomic E-state index is 13.6. The van der Waals surface area contributed by atoms with Crippen molar-refractivity contribution in [3.05, 3.63) is 112 Å². The lowest BCUT2D eigenvalue weighted by molar-refractivity contribution is 0.0526. The van der Waals surface area contributed by atoms with Gasteiger partial charge in [-0.1, -0.05) is 18.2 Å². The van der Waals surface area contributed by atoms with Crippen LogP contribution in [0.3, 0.4) is 0 Å². The first-order chi connectivity index (χ1) is 23.2. The number of aliphatic imine (C=N–C) groups is 1. The van der Waals surface area contributed by atoms with Crippen LogP contribution in [0.15, 0.2) is 106 Å². The second-order valence-corrected chi connectivity index (χ2v) is 12.8. The minimum atomic E-state index is -3.99. The van der Waals surface area contributed by atoms with E-state index in [1.807, 2.05) is 0 Å². The van der Waals surface area contributed by atoms with Crippen molar-refractivity contribution in [3.8, 4) is 17.3 Å². The summed E-state index contributed by atoms with van der Waals surface area (Å²) in [7, 11) is -2.46. The molecule has 0 aliphatic carbocycles. The summed E-state index contributed by atoms with van der Waals surface area (Å²) in [5.74, 6) is -0.261. The molecule has 12 heteroatoms. The molecule has 48 heavy (non-hydrogen) atoms. The number of pyridine rings is 1. The van der Waals surface area contributed by atoms with Gasteiger partial charge < -0.3 is 19.5 Å². The first kappa shape index (κ1) is 32.3. The van der Waals surface area contributed by atoms with E-state index in [9.17, 15) is 23.1 Å². The largest absolute Gasteiger partial charge is 0.497 e. The van der Waals surface area contributed by atoms with Crippen molar-refractivity contribution < 1.29 is 27.8 Å². The Labute approximate surface area is 277 Å². The van der Waals surface area contributed by atoms with Gasteiger partial charge in [-0.25, -0.2) is 17.8 Å². The minimum Gasteiger partial charge on any atom is -0.497 e. The van der Waals surface area contributed by atoms with Gasteiger partial charge in [0, 0.05) is 35.8 Å². The van der Waals surface area contributed by atoms with E-state index in [1.165, 1.54) is 31.5 Å². The molecule has 2 heterocycles. The predicted octanol–water partition coefficient (Wildman–Crippen LogP) is 6.03. The molecule has 1 aliphatic heterocycles. The van der Waals surface area contributed by atoms with Gasteiger partial charge in [0.15, 0.2) is 0 Å². The predicted molar refractivity (Wildman–Crippen MR) is 186 cm³/mol. The number of methoxy groups -OCH3 is 1. The average Bonchev–Trinajstić information content (AvgIpc) is 3.64. The molecular formula is C36H34N4O7S. The Balaban J connectivity index is 1.44. The molecule has 5 aromatic rings. The van der Waals surface area contributed by atoms with Crippen molar-refractivity contribution in [1.82, 2.24) is 4.57 Å². The van der Waals surface area contributed by atoms with Crippen LogP contribution in [0.4, 0.5) is 17.1 Å². The highest BCUT2D eigenvalue weighted by Gasteiger charge is 2.22. The highest BCUT2D eigenvalue weighted by atomic mass is 32.2. The van der Waals surface area contributed by atoms with Crippen molar-refractivity contribution in [2.24, 2.45) is 4.99 Å². The SMILES string of the molecule is CCOC(=O)c1ccc(-n2c(O)c(C=Nc3cc(S(=O)(=O)Nc4ccc(OC)cc4)ccc3N3CCCC3)c3ccccc3c2=O)cc1. The number of nitrogens with zero attached hydrogens (tertiary/aromatic N) is 3. The van der Waals surface area contributed by atoms with Crippen LogP contribution in [0.1, 0.15) is 35.7 Å². The monoisotopic (exact) mass is 666 g/mol. The molecule has 1 saturated heterocycles. The number of benzene rings is 4. The number of anilines is 2. The quantitative estimate of drug-likeness (QED) is 0.136. The van der Waals surface area contributed by atoms with Crippen molar-refractivity contribution in [2.45, 2.75) is 24.7 Å². The van der Waals surface area contributed by atoms with Crippen LogP contribution < -0.4 is 19.9 Å². The lowest BCUT2D eigenvalue weighted by atomic mass is 10.1. The van der Waals surface area contributed by atoms with Crippen LogP contribution in [0.5, 0.6) is 11.6 Å². The number of sulfonamides is 1. The summed E-state index contributed by atoms with van der Waals surface area (Å²) in [6.07, 6.45) is 3.43. The van der Waals surface area contributed by atoms with Gasteiger partial charge in [-0.2, -0.15) is 0 Å². The number of ether oxygens (including phenoxy) is 2. The number of fused-ring (bicyclic) bond motifs is 1. The average molecular weight is 667 g/mol. The van der Waals surface area contributed by atoms with Crippen molar-refractivity contribution >= 4 is 50.0 Å². The fourth-order valence-corrected chi connectivity index (χ4v) is 6.77. The Bertz CT molecular complexity index is 2170. The smallest absolute Gasteiger partial charge is 0.338 e. The van der Waals surface area contributed by atoms with Gasteiger partial charge in [0.1, 0.15) is 5.75 Å². The molecule has 246 valence electrons. The van der Waals surface area contributed by atoms with Crippen LogP contribution in [-0.2, 0) is 14.8 Å². The zero-order valence-corrected chi connectivity index (χ0v) is 27.2. The van der Waals surface area contributed by atoms with Gasteiger partial charge in [-0.3, -0.25) is 14.5 Å². The van der Waals surface area contributed by atoms with Crippen molar-refractivity contribution in [3.63, 3.8) is 0 Å². The maximum atomic E-state index is 13.6. The van der Waals surface area contributed by atoms with Gasteiger partial charge in [0.05, 0.1) is 46.8 Å². The number of hydrogen-bond acceptors (Lipinski definition) is 9. The van der Waals surface area contributed by atoms with E-state index in [-0.39, 0.29) is 22.9 Å². The molecular weight excluding hydrogens is 632 g/mol. The topological polar surface area (TPSA) is 140 Å². The normalized spacial score (nSPS) is 13.2. The Morgan fingerprint density at radius 3 is 2.31 bits per heavy atom. The molecule has 4 aromatic carbocycles.